The van der Waals surface area contributed by atoms with E-state index in [-0.39, 0.29) is 17.9 Å². The molecule has 0 aromatic carbocycles. The summed E-state index contributed by atoms with van der Waals surface area (Å²) < 4.78 is 0. The molecule has 4 nitrogen and oxygen atoms in total. The third-order valence-corrected chi connectivity index (χ3v) is 3.95. The molecule has 1 rings (SSSR count). The van der Waals surface area contributed by atoms with Gasteiger partial charge in [0, 0.05) is 0 Å². The van der Waals surface area contributed by atoms with Gasteiger partial charge in [-0.3, -0.25) is 9.69 Å². The van der Waals surface area contributed by atoms with Crippen molar-refractivity contribution in [3.63, 3.8) is 0 Å². The Hall–Kier alpha value is -0.740. The minimum Gasteiger partial charge on any atom is -0.310 e. The quantitative estimate of drug-likeness (QED) is 0.775. The summed E-state index contributed by atoms with van der Waals surface area (Å²) in [7, 11) is 3.84. The Morgan fingerprint density at radius 2 is 2.11 bits per heavy atom. The van der Waals surface area contributed by atoms with E-state index in [2.05, 4.69) is 24.1 Å². The Balaban J connectivity index is 0.000000342. The van der Waals surface area contributed by atoms with Crippen LogP contribution in [0.5, 0.6) is 0 Å². The first kappa shape index (κ1) is 18.3. The van der Waals surface area contributed by atoms with E-state index in [1.807, 2.05) is 14.1 Å². The fourth-order valence-corrected chi connectivity index (χ4v) is 2.40. The first-order valence-electron chi connectivity index (χ1n) is 7.31. The molecule has 1 heterocycles. The van der Waals surface area contributed by atoms with Gasteiger partial charge < -0.3 is 10.1 Å². The Kier molecular flexibility index (Phi) is 9.70. The molecule has 3 atom stereocenters. The number of ketones is 1. The number of rotatable bonds is 5. The van der Waals surface area contributed by atoms with Crippen molar-refractivity contribution in [1.29, 1.82) is 0 Å². The van der Waals surface area contributed by atoms with Crippen molar-refractivity contribution in [2.75, 3.05) is 20.6 Å². The standard InChI is InChI=1S/C8H17NO.C7H13NO/c1-5-6(2)8(9-4)7(3)10;1-8-5-3-2-4-7(8)6-9/h6,8-9H,5H2,1-4H3;6-7H,2-5H2,1H3/t;7-/m.1/s1. The first-order valence-corrected chi connectivity index (χ1v) is 7.31. The zero-order valence-corrected chi connectivity index (χ0v) is 13.1. The van der Waals surface area contributed by atoms with Crippen molar-refractivity contribution in [3.05, 3.63) is 0 Å². The van der Waals surface area contributed by atoms with Crippen molar-refractivity contribution < 1.29 is 9.59 Å². The molecule has 0 saturated carbocycles. The average molecular weight is 270 g/mol. The summed E-state index contributed by atoms with van der Waals surface area (Å²) in [5.74, 6) is 0.680. The summed E-state index contributed by atoms with van der Waals surface area (Å²) in [6.07, 6.45) is 5.62. The molecular formula is C15H30N2O2. The van der Waals surface area contributed by atoms with E-state index in [0.717, 1.165) is 25.7 Å². The summed E-state index contributed by atoms with van der Waals surface area (Å²) in [6, 6.07) is 0.253. The lowest BCUT2D eigenvalue weighted by atomic mass is 9.96. The lowest BCUT2D eigenvalue weighted by molar-refractivity contribution is -0.120. The number of likely N-dealkylation sites (N-methyl/N-ethyl adjacent to an activating group) is 2. The maximum absolute atomic E-state index is 10.9. The summed E-state index contributed by atoms with van der Waals surface area (Å²) >= 11 is 0. The normalized spacial score (nSPS) is 22.9. The topological polar surface area (TPSA) is 49.4 Å². The number of piperidine rings is 1. The largest absolute Gasteiger partial charge is 0.310 e. The van der Waals surface area contributed by atoms with Crippen molar-refractivity contribution >= 4 is 12.1 Å². The molecule has 0 spiro atoms. The van der Waals surface area contributed by atoms with Gasteiger partial charge >= 0.3 is 0 Å². The maximum atomic E-state index is 10.9. The number of Topliss-reactive ketones (excluding diaryl/α,β-unsaturated/α-hetero) is 1. The molecule has 0 bridgehead atoms. The molecule has 112 valence electrons. The van der Waals surface area contributed by atoms with Crippen LogP contribution in [0.4, 0.5) is 0 Å². The number of hydrogen-bond acceptors (Lipinski definition) is 4. The number of carbonyl (C=O) groups is 2. The fraction of sp³-hybridized carbons (Fsp3) is 0.867. The Bertz CT molecular complexity index is 269. The van der Waals surface area contributed by atoms with Crippen molar-refractivity contribution in [3.8, 4) is 0 Å². The predicted octanol–water partition coefficient (Wildman–Crippen LogP) is 1.88. The van der Waals surface area contributed by atoms with Gasteiger partial charge in [-0.15, -0.1) is 0 Å². The second-order valence-electron chi connectivity index (χ2n) is 5.44. The van der Waals surface area contributed by atoms with Gasteiger partial charge in [-0.25, -0.2) is 0 Å². The van der Waals surface area contributed by atoms with Crippen LogP contribution in [0.15, 0.2) is 0 Å². The van der Waals surface area contributed by atoms with Crippen LogP contribution in [0.2, 0.25) is 0 Å². The zero-order chi connectivity index (χ0) is 14.8. The van der Waals surface area contributed by atoms with E-state index in [0.29, 0.717) is 5.92 Å². The van der Waals surface area contributed by atoms with Crippen LogP contribution in [0.25, 0.3) is 0 Å². The Morgan fingerprint density at radius 3 is 2.37 bits per heavy atom. The number of aldehydes is 1. The Morgan fingerprint density at radius 1 is 1.47 bits per heavy atom. The minimum atomic E-state index is 0.0463. The molecule has 1 aliphatic rings. The summed E-state index contributed by atoms with van der Waals surface area (Å²) in [5.41, 5.74) is 0. The van der Waals surface area contributed by atoms with Crippen molar-refractivity contribution in [1.82, 2.24) is 10.2 Å². The zero-order valence-electron chi connectivity index (χ0n) is 13.1. The molecular weight excluding hydrogens is 240 g/mol. The van der Waals surface area contributed by atoms with Crippen LogP contribution < -0.4 is 5.32 Å². The van der Waals surface area contributed by atoms with E-state index in [4.69, 9.17) is 0 Å². The maximum Gasteiger partial charge on any atom is 0.146 e. The summed E-state index contributed by atoms with van der Waals surface area (Å²) in [6.45, 7) is 6.90. The number of hydrogen-bond donors (Lipinski definition) is 1. The van der Waals surface area contributed by atoms with Crippen LogP contribution in [0, 0.1) is 5.92 Å². The van der Waals surface area contributed by atoms with E-state index in [1.54, 1.807) is 6.92 Å². The van der Waals surface area contributed by atoms with Gasteiger partial charge in [-0.05, 0) is 46.3 Å². The highest BCUT2D eigenvalue weighted by Crippen LogP contribution is 2.12. The number of likely N-dealkylation sites (tertiary alicyclic amines) is 1. The number of nitrogens with one attached hydrogen (secondary N) is 1. The monoisotopic (exact) mass is 270 g/mol. The molecule has 0 amide bonds. The van der Waals surface area contributed by atoms with Crippen LogP contribution in [-0.4, -0.2) is 49.7 Å². The molecule has 0 aliphatic carbocycles. The van der Waals surface area contributed by atoms with Crippen molar-refractivity contribution in [2.24, 2.45) is 5.92 Å². The van der Waals surface area contributed by atoms with E-state index in [1.165, 1.54) is 12.8 Å². The first-order chi connectivity index (χ1) is 8.97. The minimum absolute atomic E-state index is 0.0463. The van der Waals surface area contributed by atoms with Gasteiger partial charge in [0.1, 0.15) is 12.1 Å². The smallest absolute Gasteiger partial charge is 0.146 e. The van der Waals surface area contributed by atoms with Crippen LogP contribution in [0.3, 0.4) is 0 Å². The van der Waals surface area contributed by atoms with Crippen molar-refractivity contribution in [2.45, 2.75) is 58.5 Å². The lowest BCUT2D eigenvalue weighted by Crippen LogP contribution is -2.37. The van der Waals surface area contributed by atoms with Crippen LogP contribution in [-0.2, 0) is 9.59 Å². The van der Waals surface area contributed by atoms with Gasteiger partial charge in [0.05, 0.1) is 12.1 Å². The molecule has 1 N–H and O–H groups in total. The van der Waals surface area contributed by atoms with E-state index < -0.39 is 0 Å². The number of nitrogens with zero attached hydrogens (tertiary/aromatic N) is 1. The van der Waals surface area contributed by atoms with Gasteiger partial charge in [0.15, 0.2) is 0 Å². The molecule has 0 aromatic heterocycles. The average Bonchev–Trinajstić information content (AvgIpc) is 2.40. The predicted molar refractivity (Wildman–Crippen MR) is 79.3 cm³/mol. The van der Waals surface area contributed by atoms with E-state index in [9.17, 15) is 9.59 Å². The number of carbonyl (C=O) groups excluding carboxylic acids is 2. The molecule has 0 radical (unpaired) electrons. The van der Waals surface area contributed by atoms with Gasteiger partial charge in [-0.2, -0.15) is 0 Å². The Labute approximate surface area is 117 Å². The van der Waals surface area contributed by atoms with Crippen LogP contribution in [0.1, 0.15) is 46.5 Å². The van der Waals surface area contributed by atoms with Gasteiger partial charge in [0.25, 0.3) is 0 Å². The lowest BCUT2D eigenvalue weighted by Gasteiger charge is -2.27. The third-order valence-electron chi connectivity index (χ3n) is 3.95. The molecule has 19 heavy (non-hydrogen) atoms. The highest BCUT2D eigenvalue weighted by molar-refractivity contribution is 5.81. The molecule has 2 unspecified atom stereocenters. The summed E-state index contributed by atoms with van der Waals surface area (Å²) in [5, 5.41) is 3.00. The summed E-state index contributed by atoms with van der Waals surface area (Å²) in [4.78, 5) is 23.4. The fourth-order valence-electron chi connectivity index (χ4n) is 2.40. The van der Waals surface area contributed by atoms with Gasteiger partial charge in [0.2, 0.25) is 0 Å². The highest BCUT2D eigenvalue weighted by atomic mass is 16.1. The second kappa shape index (κ2) is 10.1. The third kappa shape index (κ3) is 6.83. The SMILES string of the molecule is CCC(C)C(NC)C(C)=O.CN1CCCC[C@@H]1C=O. The molecule has 1 fully saturated rings. The molecule has 1 aliphatic heterocycles. The van der Waals surface area contributed by atoms with Crippen LogP contribution >= 0.6 is 0 Å². The molecule has 0 aromatic rings. The molecule has 1 saturated heterocycles. The second-order valence-corrected chi connectivity index (χ2v) is 5.44. The highest BCUT2D eigenvalue weighted by Gasteiger charge is 2.17. The molecule has 4 heteroatoms. The van der Waals surface area contributed by atoms with Gasteiger partial charge in [-0.1, -0.05) is 26.7 Å². The van der Waals surface area contributed by atoms with E-state index >= 15 is 0 Å².